The van der Waals surface area contributed by atoms with E-state index < -0.39 is 0 Å². The highest BCUT2D eigenvalue weighted by molar-refractivity contribution is 5.72. The average molecular weight is 241 g/mol. The second-order valence-corrected chi connectivity index (χ2v) is 6.21. The van der Waals surface area contributed by atoms with Gasteiger partial charge in [0.1, 0.15) is 5.60 Å². The summed E-state index contributed by atoms with van der Waals surface area (Å²) in [5.74, 6) is 0.0625. The largest absolute Gasteiger partial charge is 0.460 e. The molecule has 3 nitrogen and oxygen atoms in total. The highest BCUT2D eigenvalue weighted by Gasteiger charge is 2.25. The smallest absolute Gasteiger partial charge is 0.309 e. The van der Waals surface area contributed by atoms with Gasteiger partial charge in [-0.2, -0.15) is 0 Å². The number of carbonyl (C=O) groups excluding carboxylic acids is 1. The number of rotatable bonds is 1. The summed E-state index contributed by atoms with van der Waals surface area (Å²) in [5, 5.41) is 0. The quantitative estimate of drug-likeness (QED) is 0.718. The SMILES string of the molecule is CC(C)(C)OC(=O)C1CCCCC(N)CCC1. The number of ether oxygens (including phenoxy) is 1. The number of carbonyl (C=O) groups is 1. The summed E-state index contributed by atoms with van der Waals surface area (Å²) < 4.78 is 5.47. The van der Waals surface area contributed by atoms with Crippen molar-refractivity contribution in [2.45, 2.75) is 77.4 Å². The maximum absolute atomic E-state index is 12.0. The van der Waals surface area contributed by atoms with Crippen LogP contribution in [0.2, 0.25) is 0 Å². The Morgan fingerprint density at radius 2 is 1.59 bits per heavy atom. The van der Waals surface area contributed by atoms with Gasteiger partial charge in [0.15, 0.2) is 0 Å². The van der Waals surface area contributed by atoms with Crippen molar-refractivity contribution in [3.63, 3.8) is 0 Å². The number of hydrogen-bond donors (Lipinski definition) is 1. The Balaban J connectivity index is 2.47. The molecule has 1 saturated carbocycles. The lowest BCUT2D eigenvalue weighted by Crippen LogP contribution is -2.28. The Morgan fingerprint density at radius 3 is 2.24 bits per heavy atom. The predicted octanol–water partition coefficient (Wildman–Crippen LogP) is 3.02. The summed E-state index contributed by atoms with van der Waals surface area (Å²) in [4.78, 5) is 12.0. The van der Waals surface area contributed by atoms with Gasteiger partial charge in [-0.3, -0.25) is 4.79 Å². The monoisotopic (exact) mass is 241 g/mol. The average Bonchev–Trinajstić information content (AvgIpc) is 2.27. The number of hydrogen-bond acceptors (Lipinski definition) is 3. The fourth-order valence-corrected chi connectivity index (χ4v) is 2.33. The first-order chi connectivity index (χ1) is 7.88. The van der Waals surface area contributed by atoms with Crippen LogP contribution < -0.4 is 5.73 Å². The minimum atomic E-state index is -0.369. The van der Waals surface area contributed by atoms with Gasteiger partial charge in [0, 0.05) is 6.04 Å². The zero-order valence-electron chi connectivity index (χ0n) is 11.5. The molecule has 100 valence electrons. The molecule has 17 heavy (non-hydrogen) atoms. The van der Waals surface area contributed by atoms with Crippen molar-refractivity contribution >= 4 is 5.97 Å². The Labute approximate surface area is 105 Å². The lowest BCUT2D eigenvalue weighted by Gasteiger charge is -2.23. The van der Waals surface area contributed by atoms with Gasteiger partial charge in [0.2, 0.25) is 0 Å². The van der Waals surface area contributed by atoms with Gasteiger partial charge in [-0.05, 0) is 46.5 Å². The molecule has 0 saturated heterocycles. The van der Waals surface area contributed by atoms with Crippen molar-refractivity contribution in [1.29, 1.82) is 0 Å². The summed E-state index contributed by atoms with van der Waals surface area (Å²) in [6.07, 6.45) is 7.31. The molecule has 1 rings (SSSR count). The van der Waals surface area contributed by atoms with Crippen molar-refractivity contribution in [3.05, 3.63) is 0 Å². The minimum Gasteiger partial charge on any atom is -0.460 e. The van der Waals surface area contributed by atoms with Gasteiger partial charge in [-0.15, -0.1) is 0 Å². The second-order valence-electron chi connectivity index (χ2n) is 6.21. The standard InChI is InChI=1S/C14H27NO2/c1-14(2,3)17-13(16)11-7-4-5-9-12(15)10-6-8-11/h11-12H,4-10,15H2,1-3H3. The van der Waals surface area contributed by atoms with E-state index in [4.69, 9.17) is 10.5 Å². The first-order valence-electron chi connectivity index (χ1n) is 6.87. The minimum absolute atomic E-state index is 0.0204. The maximum atomic E-state index is 12.0. The van der Waals surface area contributed by atoms with Crippen molar-refractivity contribution in [3.8, 4) is 0 Å². The summed E-state index contributed by atoms with van der Waals surface area (Å²) in [6.45, 7) is 5.78. The zero-order valence-corrected chi connectivity index (χ0v) is 11.5. The van der Waals surface area contributed by atoms with Crippen molar-refractivity contribution in [2.24, 2.45) is 11.7 Å². The number of nitrogens with two attached hydrogens (primary N) is 1. The molecule has 1 fully saturated rings. The van der Waals surface area contributed by atoms with E-state index in [0.29, 0.717) is 6.04 Å². The molecule has 2 atom stereocenters. The molecule has 2 N–H and O–H groups in total. The maximum Gasteiger partial charge on any atom is 0.309 e. The highest BCUT2D eigenvalue weighted by Crippen LogP contribution is 2.24. The molecule has 3 heteroatoms. The molecule has 1 aliphatic carbocycles. The molecule has 0 aromatic carbocycles. The fourth-order valence-electron chi connectivity index (χ4n) is 2.33. The molecular formula is C14H27NO2. The molecule has 2 unspecified atom stereocenters. The molecule has 0 aromatic heterocycles. The first-order valence-corrected chi connectivity index (χ1v) is 6.87. The van der Waals surface area contributed by atoms with Gasteiger partial charge in [-0.1, -0.05) is 19.3 Å². The van der Waals surface area contributed by atoms with Crippen LogP contribution in [0.15, 0.2) is 0 Å². The summed E-state index contributed by atoms with van der Waals surface area (Å²) in [5.41, 5.74) is 5.61. The Kier molecular flexibility index (Phi) is 5.44. The Morgan fingerprint density at radius 1 is 1.06 bits per heavy atom. The van der Waals surface area contributed by atoms with Crippen molar-refractivity contribution in [1.82, 2.24) is 0 Å². The van der Waals surface area contributed by atoms with E-state index >= 15 is 0 Å². The van der Waals surface area contributed by atoms with E-state index in [-0.39, 0.29) is 17.5 Å². The molecule has 0 heterocycles. The van der Waals surface area contributed by atoms with Crippen LogP contribution in [-0.2, 0) is 9.53 Å². The van der Waals surface area contributed by atoms with Crippen LogP contribution in [-0.4, -0.2) is 17.6 Å². The molecule has 1 aliphatic rings. The van der Waals surface area contributed by atoms with Crippen LogP contribution in [0.3, 0.4) is 0 Å². The van der Waals surface area contributed by atoms with E-state index in [1.165, 1.54) is 0 Å². The van der Waals surface area contributed by atoms with Crippen LogP contribution in [0.1, 0.15) is 65.7 Å². The predicted molar refractivity (Wildman–Crippen MR) is 69.6 cm³/mol. The number of esters is 1. The lowest BCUT2D eigenvalue weighted by atomic mass is 9.97. The highest BCUT2D eigenvalue weighted by atomic mass is 16.6. The van der Waals surface area contributed by atoms with Crippen LogP contribution in [0.5, 0.6) is 0 Å². The summed E-state index contributed by atoms with van der Waals surface area (Å²) >= 11 is 0. The molecule has 0 amide bonds. The molecule has 0 aliphatic heterocycles. The topological polar surface area (TPSA) is 52.3 Å². The van der Waals surface area contributed by atoms with E-state index in [0.717, 1.165) is 44.9 Å². The first kappa shape index (κ1) is 14.5. The molecule has 0 bridgehead atoms. The third-order valence-corrected chi connectivity index (χ3v) is 3.25. The normalized spacial score (nSPS) is 27.8. The molecular weight excluding hydrogens is 214 g/mol. The van der Waals surface area contributed by atoms with Crippen LogP contribution >= 0.6 is 0 Å². The third kappa shape index (κ3) is 6.06. The lowest BCUT2D eigenvalue weighted by molar-refractivity contribution is -0.160. The Bertz CT molecular complexity index is 245. The second kappa shape index (κ2) is 6.39. The van der Waals surface area contributed by atoms with Crippen LogP contribution in [0.25, 0.3) is 0 Å². The van der Waals surface area contributed by atoms with Crippen molar-refractivity contribution < 1.29 is 9.53 Å². The molecule has 0 aromatic rings. The van der Waals surface area contributed by atoms with Gasteiger partial charge in [0.25, 0.3) is 0 Å². The van der Waals surface area contributed by atoms with Crippen LogP contribution in [0.4, 0.5) is 0 Å². The van der Waals surface area contributed by atoms with E-state index in [1.807, 2.05) is 20.8 Å². The van der Waals surface area contributed by atoms with Gasteiger partial charge >= 0.3 is 5.97 Å². The van der Waals surface area contributed by atoms with E-state index in [9.17, 15) is 4.79 Å². The van der Waals surface area contributed by atoms with E-state index in [2.05, 4.69) is 0 Å². The van der Waals surface area contributed by atoms with Crippen molar-refractivity contribution in [2.75, 3.05) is 0 Å². The zero-order chi connectivity index (χ0) is 12.9. The molecule has 0 spiro atoms. The van der Waals surface area contributed by atoms with Gasteiger partial charge in [-0.25, -0.2) is 0 Å². The summed E-state index contributed by atoms with van der Waals surface area (Å²) in [7, 11) is 0. The fraction of sp³-hybridized carbons (Fsp3) is 0.929. The summed E-state index contributed by atoms with van der Waals surface area (Å²) in [6, 6.07) is 0.326. The third-order valence-electron chi connectivity index (χ3n) is 3.25. The van der Waals surface area contributed by atoms with E-state index in [1.54, 1.807) is 0 Å². The van der Waals surface area contributed by atoms with Crippen LogP contribution in [0, 0.1) is 5.92 Å². The Hall–Kier alpha value is -0.570. The van der Waals surface area contributed by atoms with Gasteiger partial charge < -0.3 is 10.5 Å². The van der Waals surface area contributed by atoms with Gasteiger partial charge in [0.05, 0.1) is 5.92 Å². The molecule has 0 radical (unpaired) electrons.